The third-order valence-corrected chi connectivity index (χ3v) is 5.45. The summed E-state index contributed by atoms with van der Waals surface area (Å²) in [6.07, 6.45) is 5.22. The number of nitrogens with zero attached hydrogens (tertiary/aromatic N) is 1. The highest BCUT2D eigenvalue weighted by molar-refractivity contribution is 9.10. The molecule has 0 unspecified atom stereocenters. The smallest absolute Gasteiger partial charge is 0.259 e. The van der Waals surface area contributed by atoms with Crippen molar-refractivity contribution in [2.45, 2.75) is 39.0 Å². The van der Waals surface area contributed by atoms with Gasteiger partial charge in [-0.3, -0.25) is 9.59 Å². The number of halogens is 1. The van der Waals surface area contributed by atoms with Gasteiger partial charge in [-0.25, -0.2) is 0 Å². The van der Waals surface area contributed by atoms with Crippen LogP contribution in [0.3, 0.4) is 0 Å². The number of piperidine rings is 1. The molecule has 2 amide bonds. The number of ether oxygens (including phenoxy) is 1. The largest absolute Gasteiger partial charge is 0.493 e. The highest BCUT2D eigenvalue weighted by atomic mass is 79.9. The molecule has 0 aliphatic carbocycles. The molecule has 2 aromatic rings. The van der Waals surface area contributed by atoms with Crippen molar-refractivity contribution < 1.29 is 14.3 Å². The minimum Gasteiger partial charge on any atom is -0.493 e. The first-order chi connectivity index (χ1) is 14.1. The summed E-state index contributed by atoms with van der Waals surface area (Å²) in [5, 5.41) is 2.90. The van der Waals surface area contributed by atoms with Gasteiger partial charge in [0.05, 0.1) is 12.2 Å². The SMILES string of the molecule is CCCCOc1ccc(Br)cc1C(=O)Nc1cccc(C(=O)N2CCCCC2)c1. The molecule has 0 bridgehead atoms. The standard InChI is InChI=1S/C23H27BrN2O3/c1-2-3-14-29-21-11-10-18(24)16-20(21)22(27)25-19-9-7-8-17(15-19)23(28)26-12-5-4-6-13-26/h7-11,15-16H,2-6,12-14H2,1H3,(H,25,27). The lowest BCUT2D eigenvalue weighted by atomic mass is 10.1. The van der Waals surface area contributed by atoms with Crippen molar-refractivity contribution >= 4 is 33.4 Å². The van der Waals surface area contributed by atoms with Crippen LogP contribution < -0.4 is 10.1 Å². The third kappa shape index (κ3) is 5.82. The van der Waals surface area contributed by atoms with Crippen LogP contribution in [0.2, 0.25) is 0 Å². The van der Waals surface area contributed by atoms with Crippen molar-refractivity contribution in [1.82, 2.24) is 4.90 Å². The van der Waals surface area contributed by atoms with E-state index in [0.29, 0.717) is 29.2 Å². The molecule has 0 radical (unpaired) electrons. The summed E-state index contributed by atoms with van der Waals surface area (Å²) in [6.45, 7) is 4.26. The molecule has 6 heteroatoms. The molecule has 5 nitrogen and oxygen atoms in total. The van der Waals surface area contributed by atoms with E-state index in [9.17, 15) is 9.59 Å². The van der Waals surface area contributed by atoms with Crippen LogP contribution >= 0.6 is 15.9 Å². The zero-order valence-electron chi connectivity index (χ0n) is 16.7. The summed E-state index contributed by atoms with van der Waals surface area (Å²) in [5.74, 6) is 0.312. The summed E-state index contributed by atoms with van der Waals surface area (Å²) >= 11 is 3.42. The number of hydrogen-bond donors (Lipinski definition) is 1. The number of likely N-dealkylation sites (tertiary alicyclic amines) is 1. The van der Waals surface area contributed by atoms with Gasteiger partial charge in [0.15, 0.2) is 0 Å². The Morgan fingerprint density at radius 3 is 2.66 bits per heavy atom. The number of rotatable bonds is 7. The second kappa shape index (κ2) is 10.4. The Hall–Kier alpha value is -2.34. The van der Waals surface area contributed by atoms with Gasteiger partial charge in [0.25, 0.3) is 11.8 Å². The Morgan fingerprint density at radius 1 is 1.10 bits per heavy atom. The molecule has 3 rings (SSSR count). The minimum absolute atomic E-state index is 0.0202. The Morgan fingerprint density at radius 2 is 1.90 bits per heavy atom. The topological polar surface area (TPSA) is 58.6 Å². The van der Waals surface area contributed by atoms with E-state index in [0.717, 1.165) is 43.2 Å². The lowest BCUT2D eigenvalue weighted by Gasteiger charge is -2.26. The Kier molecular flexibility index (Phi) is 7.69. The lowest BCUT2D eigenvalue weighted by Crippen LogP contribution is -2.35. The fourth-order valence-electron chi connectivity index (χ4n) is 3.34. The van der Waals surface area contributed by atoms with E-state index in [1.54, 1.807) is 36.4 Å². The van der Waals surface area contributed by atoms with Crippen molar-refractivity contribution in [3.63, 3.8) is 0 Å². The average molecular weight is 459 g/mol. The Bertz CT molecular complexity index is 863. The van der Waals surface area contributed by atoms with Gasteiger partial charge >= 0.3 is 0 Å². The summed E-state index contributed by atoms with van der Waals surface area (Å²) in [7, 11) is 0. The predicted molar refractivity (Wildman–Crippen MR) is 119 cm³/mol. The summed E-state index contributed by atoms with van der Waals surface area (Å²) in [5.41, 5.74) is 1.65. The molecule has 1 aliphatic heterocycles. The van der Waals surface area contributed by atoms with E-state index in [-0.39, 0.29) is 11.8 Å². The maximum absolute atomic E-state index is 12.9. The zero-order chi connectivity index (χ0) is 20.6. The molecular formula is C23H27BrN2O3. The monoisotopic (exact) mass is 458 g/mol. The molecule has 0 aromatic heterocycles. The molecular weight excluding hydrogens is 432 g/mol. The highest BCUT2D eigenvalue weighted by Crippen LogP contribution is 2.25. The van der Waals surface area contributed by atoms with Crippen LogP contribution in [0, 0.1) is 0 Å². The Labute approximate surface area is 180 Å². The van der Waals surface area contributed by atoms with Crippen molar-refractivity contribution in [2.24, 2.45) is 0 Å². The molecule has 1 saturated heterocycles. The summed E-state index contributed by atoms with van der Waals surface area (Å²) in [6, 6.07) is 12.5. The van der Waals surface area contributed by atoms with Gasteiger partial charge in [0.2, 0.25) is 0 Å². The first kappa shape index (κ1) is 21.4. The van der Waals surface area contributed by atoms with E-state index < -0.39 is 0 Å². The second-order valence-corrected chi connectivity index (χ2v) is 8.15. The van der Waals surface area contributed by atoms with Crippen molar-refractivity contribution in [1.29, 1.82) is 0 Å². The van der Waals surface area contributed by atoms with Gasteiger partial charge in [-0.15, -0.1) is 0 Å². The van der Waals surface area contributed by atoms with Crippen molar-refractivity contribution in [3.05, 3.63) is 58.1 Å². The fraction of sp³-hybridized carbons (Fsp3) is 0.391. The maximum atomic E-state index is 12.9. The molecule has 1 N–H and O–H groups in total. The van der Waals surface area contributed by atoms with E-state index in [1.807, 2.05) is 11.0 Å². The van der Waals surface area contributed by atoms with E-state index in [2.05, 4.69) is 28.2 Å². The molecule has 0 spiro atoms. The van der Waals surface area contributed by atoms with Crippen LogP contribution in [-0.4, -0.2) is 36.4 Å². The Balaban J connectivity index is 1.74. The number of carbonyl (C=O) groups is 2. The number of unbranched alkanes of at least 4 members (excludes halogenated alkanes) is 1. The van der Waals surface area contributed by atoms with Crippen LogP contribution in [0.15, 0.2) is 46.9 Å². The molecule has 0 saturated carbocycles. The number of anilines is 1. The quantitative estimate of drug-likeness (QED) is 0.556. The minimum atomic E-state index is -0.264. The van der Waals surface area contributed by atoms with E-state index >= 15 is 0 Å². The van der Waals surface area contributed by atoms with Gasteiger partial charge in [-0.2, -0.15) is 0 Å². The molecule has 1 heterocycles. The zero-order valence-corrected chi connectivity index (χ0v) is 18.3. The van der Waals surface area contributed by atoms with Gasteiger partial charge < -0.3 is 15.0 Å². The number of carbonyl (C=O) groups excluding carboxylic acids is 2. The molecule has 1 fully saturated rings. The summed E-state index contributed by atoms with van der Waals surface area (Å²) in [4.78, 5) is 27.5. The van der Waals surface area contributed by atoms with Gasteiger partial charge in [-0.05, 0) is 62.1 Å². The molecule has 0 atom stereocenters. The number of nitrogens with one attached hydrogen (secondary N) is 1. The first-order valence-electron chi connectivity index (χ1n) is 10.2. The summed E-state index contributed by atoms with van der Waals surface area (Å²) < 4.78 is 6.60. The average Bonchev–Trinajstić information content (AvgIpc) is 2.75. The number of benzene rings is 2. The van der Waals surface area contributed by atoms with Crippen LogP contribution in [0.4, 0.5) is 5.69 Å². The molecule has 1 aliphatic rings. The van der Waals surface area contributed by atoms with Crippen LogP contribution in [0.5, 0.6) is 5.75 Å². The fourth-order valence-corrected chi connectivity index (χ4v) is 3.70. The van der Waals surface area contributed by atoms with Gasteiger partial charge in [0, 0.05) is 28.8 Å². The predicted octanol–water partition coefficient (Wildman–Crippen LogP) is 5.51. The van der Waals surface area contributed by atoms with Crippen molar-refractivity contribution in [2.75, 3.05) is 25.0 Å². The number of hydrogen-bond acceptors (Lipinski definition) is 3. The van der Waals surface area contributed by atoms with Gasteiger partial charge in [-0.1, -0.05) is 35.3 Å². The third-order valence-electron chi connectivity index (χ3n) is 4.95. The second-order valence-electron chi connectivity index (χ2n) is 7.23. The van der Waals surface area contributed by atoms with Crippen LogP contribution in [0.1, 0.15) is 59.7 Å². The maximum Gasteiger partial charge on any atom is 0.259 e. The van der Waals surface area contributed by atoms with E-state index in [4.69, 9.17) is 4.74 Å². The van der Waals surface area contributed by atoms with E-state index in [1.165, 1.54) is 6.42 Å². The normalized spacial score (nSPS) is 13.8. The highest BCUT2D eigenvalue weighted by Gasteiger charge is 2.19. The molecule has 154 valence electrons. The number of amides is 2. The van der Waals surface area contributed by atoms with Crippen LogP contribution in [-0.2, 0) is 0 Å². The lowest BCUT2D eigenvalue weighted by molar-refractivity contribution is 0.0724. The molecule has 2 aromatic carbocycles. The first-order valence-corrected chi connectivity index (χ1v) is 11.0. The van der Waals surface area contributed by atoms with Crippen LogP contribution in [0.25, 0.3) is 0 Å². The van der Waals surface area contributed by atoms with Crippen molar-refractivity contribution in [3.8, 4) is 5.75 Å². The van der Waals surface area contributed by atoms with Gasteiger partial charge in [0.1, 0.15) is 5.75 Å². The molecule has 29 heavy (non-hydrogen) atoms.